The topological polar surface area (TPSA) is 67.9 Å². The van der Waals surface area contributed by atoms with Gasteiger partial charge in [0.1, 0.15) is 0 Å². The Kier molecular flexibility index (Phi) is 7.27. The fourth-order valence-corrected chi connectivity index (χ4v) is 5.05. The van der Waals surface area contributed by atoms with E-state index in [0.717, 1.165) is 31.5 Å². The van der Waals surface area contributed by atoms with Crippen LogP contribution in [0.25, 0.3) is 6.08 Å². The number of ether oxygens (including phenoxy) is 2. The highest BCUT2D eigenvalue weighted by Crippen LogP contribution is 2.36. The van der Waals surface area contributed by atoms with Crippen molar-refractivity contribution in [2.24, 2.45) is 0 Å². The van der Waals surface area contributed by atoms with Crippen molar-refractivity contribution in [1.29, 1.82) is 0 Å². The molecule has 1 aliphatic heterocycles. The summed E-state index contributed by atoms with van der Waals surface area (Å²) in [5.41, 5.74) is 4.46. The number of hydrogen-bond acceptors (Lipinski definition) is 6. The number of thioether (sulfide) groups is 1. The second-order valence-corrected chi connectivity index (χ2v) is 9.42. The Morgan fingerprint density at radius 1 is 1.27 bits per heavy atom. The van der Waals surface area contributed by atoms with Crippen LogP contribution in [0.1, 0.15) is 21.5 Å². The molecule has 0 saturated carbocycles. The first-order valence-corrected chi connectivity index (χ1v) is 11.2. The number of hydrazine groups is 1. The van der Waals surface area contributed by atoms with Gasteiger partial charge in [-0.25, -0.2) is 0 Å². The average Bonchev–Trinajstić information content (AvgIpc) is 2.94. The highest BCUT2D eigenvalue weighted by atomic mass is 127. The van der Waals surface area contributed by atoms with E-state index in [-0.39, 0.29) is 9.88 Å². The van der Waals surface area contributed by atoms with Crippen molar-refractivity contribution < 1.29 is 19.1 Å². The Hall–Kier alpha value is -1.82. The summed E-state index contributed by atoms with van der Waals surface area (Å²) in [5, 5.41) is 1.35. The van der Waals surface area contributed by atoms with E-state index in [0.29, 0.717) is 21.4 Å². The predicted molar refractivity (Wildman–Crippen MR) is 131 cm³/mol. The molecule has 1 heterocycles. The number of halogens is 2. The van der Waals surface area contributed by atoms with Crippen LogP contribution >= 0.6 is 58.2 Å². The van der Waals surface area contributed by atoms with Gasteiger partial charge in [-0.3, -0.25) is 15.0 Å². The Balaban J connectivity index is 1.84. The number of carbonyl (C=O) groups is 2. The summed E-state index contributed by atoms with van der Waals surface area (Å²) in [6.07, 6.45) is 1.69. The number of rotatable bonds is 5. The number of thiocarbonyl (C=S) groups is 1. The van der Waals surface area contributed by atoms with Gasteiger partial charge in [0.25, 0.3) is 11.8 Å². The number of hydrogen-bond donors (Lipinski definition) is 1. The van der Waals surface area contributed by atoms with E-state index in [2.05, 4.69) is 28.0 Å². The number of amides is 2. The zero-order valence-electron chi connectivity index (χ0n) is 16.1. The van der Waals surface area contributed by atoms with Crippen molar-refractivity contribution in [3.63, 3.8) is 0 Å². The lowest BCUT2D eigenvalue weighted by Gasteiger charge is -2.16. The molecule has 0 spiro atoms. The van der Waals surface area contributed by atoms with Crippen LogP contribution in [-0.4, -0.2) is 35.4 Å². The van der Waals surface area contributed by atoms with E-state index in [4.69, 9.17) is 33.3 Å². The van der Waals surface area contributed by atoms with Gasteiger partial charge in [0, 0.05) is 0 Å². The van der Waals surface area contributed by atoms with Gasteiger partial charge in [0.2, 0.25) is 0 Å². The van der Waals surface area contributed by atoms with E-state index < -0.39 is 11.8 Å². The summed E-state index contributed by atoms with van der Waals surface area (Å²) >= 11 is 14.7. The van der Waals surface area contributed by atoms with Crippen LogP contribution in [-0.2, 0) is 4.79 Å². The summed E-state index contributed by atoms with van der Waals surface area (Å²) in [6, 6.07) is 8.67. The van der Waals surface area contributed by atoms with Gasteiger partial charge in [0.05, 0.1) is 33.3 Å². The molecular formula is C20H16ClIN2O4S2. The van der Waals surface area contributed by atoms with E-state index >= 15 is 0 Å². The van der Waals surface area contributed by atoms with E-state index in [9.17, 15) is 9.59 Å². The lowest BCUT2D eigenvalue weighted by Crippen LogP contribution is -2.44. The van der Waals surface area contributed by atoms with Crippen LogP contribution in [0.2, 0.25) is 5.02 Å². The van der Waals surface area contributed by atoms with Crippen LogP contribution in [0.3, 0.4) is 0 Å². The molecule has 2 aromatic carbocycles. The van der Waals surface area contributed by atoms with Gasteiger partial charge in [-0.2, -0.15) is 5.01 Å². The third-order valence-corrected chi connectivity index (χ3v) is 6.55. The molecule has 1 saturated heterocycles. The molecule has 1 fully saturated rings. The first kappa shape index (κ1) is 22.9. The third kappa shape index (κ3) is 4.74. The van der Waals surface area contributed by atoms with Gasteiger partial charge in [-0.05, 0) is 83.2 Å². The predicted octanol–water partition coefficient (Wildman–Crippen LogP) is 4.82. The highest BCUT2D eigenvalue weighted by molar-refractivity contribution is 14.1. The minimum absolute atomic E-state index is 0.220. The average molecular weight is 575 g/mol. The summed E-state index contributed by atoms with van der Waals surface area (Å²) in [4.78, 5) is 25.8. The first-order chi connectivity index (χ1) is 14.2. The molecule has 0 unspecified atom stereocenters. The van der Waals surface area contributed by atoms with Gasteiger partial charge >= 0.3 is 0 Å². The standard InChI is InChI=1S/C20H16ClIN2O4S2/c1-10-4-5-12(13(21)6-10)18(25)23-24-19(26)16(30-20(24)29)9-11-7-14(22)17(28-3)15(8-11)27-2/h4-9H,1-3H3,(H,23,25)/b16-9+. The Morgan fingerprint density at radius 2 is 2.00 bits per heavy atom. The number of nitrogens with one attached hydrogen (secondary N) is 1. The molecule has 156 valence electrons. The van der Waals surface area contributed by atoms with Crippen molar-refractivity contribution in [2.75, 3.05) is 14.2 Å². The Bertz CT molecular complexity index is 1090. The molecule has 6 nitrogen and oxygen atoms in total. The maximum atomic E-state index is 12.8. The van der Waals surface area contributed by atoms with Crippen molar-refractivity contribution in [1.82, 2.24) is 10.4 Å². The minimum atomic E-state index is -0.516. The normalized spacial score (nSPS) is 15.0. The van der Waals surface area contributed by atoms with Crippen LogP contribution < -0.4 is 14.9 Å². The largest absolute Gasteiger partial charge is 0.493 e. The highest BCUT2D eigenvalue weighted by Gasteiger charge is 2.34. The molecule has 2 amide bonds. The van der Waals surface area contributed by atoms with E-state index in [1.54, 1.807) is 44.6 Å². The number of nitrogens with zero attached hydrogens (tertiary/aromatic N) is 1. The van der Waals surface area contributed by atoms with Crippen molar-refractivity contribution in [3.05, 3.63) is 60.5 Å². The zero-order valence-corrected chi connectivity index (χ0v) is 20.7. The molecule has 1 N–H and O–H groups in total. The molecule has 10 heteroatoms. The van der Waals surface area contributed by atoms with Crippen molar-refractivity contribution >= 4 is 80.4 Å². The van der Waals surface area contributed by atoms with Crippen LogP contribution in [0.4, 0.5) is 0 Å². The summed E-state index contributed by atoms with van der Waals surface area (Å²) in [7, 11) is 3.11. The third-order valence-electron chi connectivity index (χ3n) is 4.13. The van der Waals surface area contributed by atoms with Crippen LogP contribution in [0, 0.1) is 10.5 Å². The van der Waals surface area contributed by atoms with Crippen molar-refractivity contribution in [3.8, 4) is 11.5 Å². The quantitative estimate of drug-likeness (QED) is 0.314. The summed E-state index contributed by atoms with van der Waals surface area (Å²) in [6.45, 7) is 1.87. The van der Waals surface area contributed by atoms with Gasteiger partial charge in [-0.1, -0.05) is 29.4 Å². The van der Waals surface area contributed by atoms with Gasteiger partial charge in [0.15, 0.2) is 15.8 Å². The SMILES string of the molecule is COc1cc(/C=C2/SC(=S)N(NC(=O)c3ccc(C)cc3Cl)C2=O)cc(I)c1OC. The number of aryl methyl sites for hydroxylation is 1. The molecule has 0 bridgehead atoms. The molecule has 30 heavy (non-hydrogen) atoms. The maximum Gasteiger partial charge on any atom is 0.285 e. The molecule has 2 aromatic rings. The van der Waals surface area contributed by atoms with Gasteiger partial charge < -0.3 is 9.47 Å². The maximum absolute atomic E-state index is 12.8. The Morgan fingerprint density at radius 3 is 2.63 bits per heavy atom. The van der Waals surface area contributed by atoms with E-state index in [1.165, 1.54) is 0 Å². The number of benzene rings is 2. The van der Waals surface area contributed by atoms with Crippen LogP contribution in [0.15, 0.2) is 35.2 Å². The summed E-state index contributed by atoms with van der Waals surface area (Å²) < 4.78 is 11.7. The molecule has 0 aromatic heterocycles. The van der Waals surface area contributed by atoms with Crippen molar-refractivity contribution in [2.45, 2.75) is 6.92 Å². The fourth-order valence-electron chi connectivity index (χ4n) is 2.70. The molecule has 0 atom stereocenters. The lowest BCUT2D eigenvalue weighted by atomic mass is 10.1. The van der Waals surface area contributed by atoms with Gasteiger partial charge in [-0.15, -0.1) is 0 Å². The second kappa shape index (κ2) is 9.54. The molecule has 0 aliphatic carbocycles. The first-order valence-electron chi connectivity index (χ1n) is 8.51. The minimum Gasteiger partial charge on any atom is -0.493 e. The molecular weight excluding hydrogens is 559 g/mol. The molecule has 0 radical (unpaired) electrons. The summed E-state index contributed by atoms with van der Waals surface area (Å²) in [5.74, 6) is 0.225. The zero-order chi connectivity index (χ0) is 22.0. The smallest absolute Gasteiger partial charge is 0.285 e. The second-order valence-electron chi connectivity index (χ2n) is 6.18. The number of methoxy groups -OCH3 is 2. The lowest BCUT2D eigenvalue weighted by molar-refractivity contribution is -0.123. The van der Waals surface area contributed by atoms with Crippen LogP contribution in [0.5, 0.6) is 11.5 Å². The van der Waals surface area contributed by atoms with E-state index in [1.807, 2.05) is 13.0 Å². The number of carbonyl (C=O) groups excluding carboxylic acids is 2. The molecule has 3 rings (SSSR count). The Labute approximate surface area is 202 Å². The monoisotopic (exact) mass is 574 g/mol. The molecule has 1 aliphatic rings. The fraction of sp³-hybridized carbons (Fsp3) is 0.150.